The van der Waals surface area contributed by atoms with Crippen LogP contribution in [0.3, 0.4) is 0 Å². The van der Waals surface area contributed by atoms with Crippen molar-refractivity contribution in [1.82, 2.24) is 19.6 Å². The summed E-state index contributed by atoms with van der Waals surface area (Å²) in [7, 11) is -3.63. The van der Waals surface area contributed by atoms with Gasteiger partial charge in [0.05, 0.1) is 17.6 Å². The Balaban J connectivity index is 1.77. The molecule has 9 nitrogen and oxygen atoms in total. The van der Waals surface area contributed by atoms with Crippen molar-refractivity contribution in [2.75, 3.05) is 6.26 Å². The van der Waals surface area contributed by atoms with Crippen molar-refractivity contribution in [3.8, 4) is 16.8 Å². The largest absolute Gasteiger partial charge is 0.369 e. The Morgan fingerprint density at radius 1 is 1.17 bits per heavy atom. The van der Waals surface area contributed by atoms with Gasteiger partial charge >= 0.3 is 0 Å². The highest BCUT2D eigenvalue weighted by Crippen LogP contribution is 2.19. The minimum Gasteiger partial charge on any atom is -0.369 e. The third-order valence-corrected chi connectivity index (χ3v) is 6.00. The summed E-state index contributed by atoms with van der Waals surface area (Å²) in [5.41, 5.74) is 8.04. The number of sulfone groups is 1. The predicted octanol–water partition coefficient (Wildman–Crippen LogP) is 0.693. The average Bonchev–Trinajstić information content (AvgIpc) is 3.08. The van der Waals surface area contributed by atoms with E-state index in [1.165, 1.54) is 15.4 Å². The zero-order valence-corrected chi connectivity index (χ0v) is 16.8. The number of hydrogen-bond acceptors (Lipinski definition) is 6. The van der Waals surface area contributed by atoms with Crippen LogP contribution in [-0.4, -0.2) is 45.4 Å². The molecular formula is C19H21N5O4S. The van der Waals surface area contributed by atoms with Crippen molar-refractivity contribution >= 4 is 15.7 Å². The molecule has 2 aromatic heterocycles. The van der Waals surface area contributed by atoms with Crippen molar-refractivity contribution in [1.29, 1.82) is 0 Å². The van der Waals surface area contributed by atoms with Crippen LogP contribution in [0.15, 0.2) is 53.6 Å². The normalized spacial score (nSPS) is 12.6. The lowest BCUT2D eigenvalue weighted by molar-refractivity contribution is -0.117. The van der Waals surface area contributed by atoms with E-state index in [4.69, 9.17) is 5.73 Å². The van der Waals surface area contributed by atoms with E-state index >= 15 is 0 Å². The maximum absolute atomic E-state index is 12.4. The first-order chi connectivity index (χ1) is 13.6. The molecule has 0 aliphatic heterocycles. The van der Waals surface area contributed by atoms with Gasteiger partial charge in [0.1, 0.15) is 5.25 Å². The molecule has 10 heteroatoms. The summed E-state index contributed by atoms with van der Waals surface area (Å²) >= 11 is 0. The molecular weight excluding hydrogens is 394 g/mol. The van der Waals surface area contributed by atoms with E-state index in [9.17, 15) is 18.0 Å². The number of nitrogens with two attached hydrogens (primary N) is 1. The molecule has 0 spiro atoms. The lowest BCUT2D eigenvalue weighted by Crippen LogP contribution is -2.36. The molecule has 152 valence electrons. The van der Waals surface area contributed by atoms with E-state index in [1.807, 2.05) is 31.2 Å². The van der Waals surface area contributed by atoms with Crippen molar-refractivity contribution in [3.63, 3.8) is 0 Å². The monoisotopic (exact) mass is 415 g/mol. The molecule has 0 saturated carbocycles. The average molecular weight is 415 g/mol. The maximum atomic E-state index is 12.4. The number of carbonyl (C=O) groups excluding carboxylic acids is 1. The van der Waals surface area contributed by atoms with Gasteiger partial charge < -0.3 is 10.3 Å². The number of primary amides is 1. The minimum absolute atomic E-state index is 0.0571. The second-order valence-electron chi connectivity index (χ2n) is 6.78. The molecule has 0 radical (unpaired) electrons. The molecule has 1 atom stereocenters. The van der Waals surface area contributed by atoms with Gasteiger partial charge in [-0.25, -0.2) is 8.42 Å². The first-order valence-electron chi connectivity index (χ1n) is 8.83. The van der Waals surface area contributed by atoms with Crippen LogP contribution in [0.25, 0.3) is 16.8 Å². The molecule has 0 aliphatic carbocycles. The standard InChI is InChI=1S/C19H21N5O4S/c1-13-12-21-24(22-13)16-5-3-14(4-6-16)15-7-9-23(18(25)11-15)10-8-17(19(20)26)29(2,27)28/h3-7,9,11-12,17H,8,10H2,1-2H3,(H2,20,26). The molecule has 1 unspecified atom stereocenters. The Bertz CT molecular complexity index is 1200. The Kier molecular flexibility index (Phi) is 5.64. The quantitative estimate of drug-likeness (QED) is 0.604. The Morgan fingerprint density at radius 3 is 2.38 bits per heavy atom. The molecule has 0 saturated heterocycles. The molecule has 0 fully saturated rings. The van der Waals surface area contributed by atoms with Gasteiger partial charge in [-0.2, -0.15) is 15.0 Å². The SMILES string of the molecule is Cc1cnn(-c2ccc(-c3ccn(CCC(C(N)=O)S(C)(=O)=O)c(=O)c3)cc2)n1. The van der Waals surface area contributed by atoms with Gasteiger partial charge in [-0.15, -0.1) is 0 Å². The fraction of sp³-hybridized carbons (Fsp3) is 0.263. The number of amides is 1. The summed E-state index contributed by atoms with van der Waals surface area (Å²) in [6, 6.07) is 10.6. The fourth-order valence-corrected chi connectivity index (χ4v) is 3.90. The van der Waals surface area contributed by atoms with Gasteiger partial charge in [-0.3, -0.25) is 9.59 Å². The zero-order chi connectivity index (χ0) is 21.2. The van der Waals surface area contributed by atoms with Crippen LogP contribution in [0.5, 0.6) is 0 Å². The number of hydrogen-bond donors (Lipinski definition) is 1. The van der Waals surface area contributed by atoms with Crippen molar-refractivity contribution in [3.05, 3.63) is 64.8 Å². The van der Waals surface area contributed by atoms with Gasteiger partial charge in [0.25, 0.3) is 5.56 Å². The highest BCUT2D eigenvalue weighted by Gasteiger charge is 2.26. The van der Waals surface area contributed by atoms with Crippen LogP contribution >= 0.6 is 0 Å². The second kappa shape index (κ2) is 8.00. The summed E-state index contributed by atoms with van der Waals surface area (Å²) < 4.78 is 24.7. The molecule has 3 rings (SSSR count). The number of rotatable bonds is 7. The second-order valence-corrected chi connectivity index (χ2v) is 9.01. The lowest BCUT2D eigenvalue weighted by Gasteiger charge is -2.13. The van der Waals surface area contributed by atoms with E-state index < -0.39 is 21.0 Å². The molecule has 2 heterocycles. The first kappa shape index (κ1) is 20.5. The first-order valence-corrected chi connectivity index (χ1v) is 10.8. The van der Waals surface area contributed by atoms with Crippen LogP contribution in [0.1, 0.15) is 12.1 Å². The number of carbonyl (C=O) groups is 1. The summed E-state index contributed by atoms with van der Waals surface area (Å²) in [4.78, 5) is 25.3. The van der Waals surface area contributed by atoms with E-state index in [0.717, 1.165) is 28.8 Å². The van der Waals surface area contributed by atoms with Crippen molar-refractivity contribution < 1.29 is 13.2 Å². The van der Waals surface area contributed by atoms with Gasteiger partial charge in [-0.1, -0.05) is 12.1 Å². The third-order valence-electron chi connectivity index (χ3n) is 4.50. The highest BCUT2D eigenvalue weighted by atomic mass is 32.2. The molecule has 29 heavy (non-hydrogen) atoms. The topological polar surface area (TPSA) is 130 Å². The number of aryl methyl sites for hydroxylation is 2. The van der Waals surface area contributed by atoms with Crippen molar-refractivity contribution in [2.24, 2.45) is 5.73 Å². The maximum Gasteiger partial charge on any atom is 0.251 e. The van der Waals surface area contributed by atoms with Crippen LogP contribution in [0, 0.1) is 6.92 Å². The van der Waals surface area contributed by atoms with Gasteiger partial charge in [0.2, 0.25) is 5.91 Å². The Morgan fingerprint density at radius 2 is 1.86 bits per heavy atom. The van der Waals surface area contributed by atoms with Crippen LogP contribution in [-0.2, 0) is 21.2 Å². The van der Waals surface area contributed by atoms with Crippen LogP contribution < -0.4 is 11.3 Å². The van der Waals surface area contributed by atoms with E-state index in [2.05, 4.69) is 10.2 Å². The molecule has 1 aromatic carbocycles. The van der Waals surface area contributed by atoms with Crippen molar-refractivity contribution in [2.45, 2.75) is 25.1 Å². The van der Waals surface area contributed by atoms with Gasteiger partial charge in [0.15, 0.2) is 9.84 Å². The Hall–Kier alpha value is -3.27. The van der Waals surface area contributed by atoms with Crippen LogP contribution in [0.2, 0.25) is 0 Å². The third kappa shape index (κ3) is 4.77. The Labute approximate surface area is 167 Å². The lowest BCUT2D eigenvalue weighted by atomic mass is 10.1. The predicted molar refractivity (Wildman–Crippen MR) is 108 cm³/mol. The van der Waals surface area contributed by atoms with E-state index in [0.29, 0.717) is 0 Å². The highest BCUT2D eigenvalue weighted by molar-refractivity contribution is 7.92. The van der Waals surface area contributed by atoms with E-state index in [-0.39, 0.29) is 18.5 Å². The number of benzene rings is 1. The van der Waals surface area contributed by atoms with Gasteiger partial charge in [-0.05, 0) is 42.7 Å². The summed E-state index contributed by atoms with van der Waals surface area (Å²) in [6.07, 6.45) is 4.14. The summed E-state index contributed by atoms with van der Waals surface area (Å²) in [6.45, 7) is 1.93. The molecule has 1 amide bonds. The fourth-order valence-electron chi connectivity index (χ4n) is 2.95. The summed E-state index contributed by atoms with van der Waals surface area (Å²) in [5.74, 6) is -0.917. The summed E-state index contributed by atoms with van der Waals surface area (Å²) in [5, 5.41) is 7.09. The number of aromatic nitrogens is 4. The van der Waals surface area contributed by atoms with E-state index in [1.54, 1.807) is 18.5 Å². The number of pyridine rings is 1. The van der Waals surface area contributed by atoms with Crippen LogP contribution in [0.4, 0.5) is 0 Å². The zero-order valence-electron chi connectivity index (χ0n) is 16.0. The molecule has 0 bridgehead atoms. The minimum atomic E-state index is -3.63. The molecule has 0 aliphatic rings. The number of nitrogens with zero attached hydrogens (tertiary/aromatic N) is 4. The molecule has 2 N–H and O–H groups in total. The van der Waals surface area contributed by atoms with Gasteiger partial charge in [0, 0.05) is 25.1 Å². The molecule has 3 aromatic rings. The smallest absolute Gasteiger partial charge is 0.251 e.